The predicted octanol–water partition coefficient (Wildman–Crippen LogP) is 4.24. The Labute approximate surface area is 108 Å². The highest BCUT2D eigenvalue weighted by molar-refractivity contribution is 8.00. The maximum Gasteiger partial charge on any atom is 0.441 e. The van der Waals surface area contributed by atoms with Gasteiger partial charge in [0.2, 0.25) is 0 Å². The lowest BCUT2D eigenvalue weighted by Crippen LogP contribution is -2.22. The van der Waals surface area contributed by atoms with Gasteiger partial charge in [0.15, 0.2) is 0 Å². The van der Waals surface area contributed by atoms with Crippen molar-refractivity contribution in [3.63, 3.8) is 0 Å². The Morgan fingerprint density at radius 3 is 2.59 bits per heavy atom. The van der Waals surface area contributed by atoms with Gasteiger partial charge >= 0.3 is 5.51 Å². The first-order valence-corrected chi connectivity index (χ1v) is 6.45. The fourth-order valence-corrected chi connectivity index (χ4v) is 2.13. The molecule has 1 atom stereocenters. The lowest BCUT2D eigenvalue weighted by Gasteiger charge is -2.15. The van der Waals surface area contributed by atoms with E-state index in [2.05, 4.69) is 5.32 Å². The predicted molar refractivity (Wildman–Crippen MR) is 66.4 cm³/mol. The summed E-state index contributed by atoms with van der Waals surface area (Å²) in [6.45, 7) is 2.16. The maximum atomic E-state index is 11.9. The molecule has 0 spiro atoms. The summed E-state index contributed by atoms with van der Waals surface area (Å²) >= 11 is 5.96. The maximum absolute atomic E-state index is 11.9. The third kappa shape index (κ3) is 5.66. The second kappa shape index (κ2) is 6.52. The Balaban J connectivity index is 2.36. The molecule has 0 heterocycles. The van der Waals surface area contributed by atoms with E-state index < -0.39 is 5.51 Å². The van der Waals surface area contributed by atoms with Gasteiger partial charge in [-0.2, -0.15) is 13.2 Å². The normalized spacial score (nSPS) is 13.7. The van der Waals surface area contributed by atoms with Gasteiger partial charge in [0.1, 0.15) is 0 Å². The number of hydrogen-bond acceptors (Lipinski definition) is 2. The molecule has 0 aromatic heterocycles. The van der Waals surface area contributed by atoms with Gasteiger partial charge in [0.05, 0.1) is 0 Å². The second-order valence-electron chi connectivity index (χ2n) is 3.49. The SMILES string of the molecule is C[C@@H](NCCSC(F)(F)F)c1ccccc1Cl. The quantitative estimate of drug-likeness (QED) is 0.811. The molecule has 0 radical (unpaired) electrons. The van der Waals surface area contributed by atoms with Crippen molar-refractivity contribution < 1.29 is 13.2 Å². The number of alkyl halides is 3. The standard InChI is InChI=1S/C11H13ClF3NS/c1-8(9-4-2-3-5-10(9)12)16-6-7-17-11(13,14)15/h2-5,8,16H,6-7H2,1H3/t8-/m1/s1. The van der Waals surface area contributed by atoms with Crippen LogP contribution in [0.1, 0.15) is 18.5 Å². The van der Waals surface area contributed by atoms with E-state index in [0.717, 1.165) is 5.56 Å². The molecule has 1 N–H and O–H groups in total. The Kier molecular flexibility index (Phi) is 5.62. The van der Waals surface area contributed by atoms with Crippen LogP contribution in [0.3, 0.4) is 0 Å². The molecule has 0 aliphatic heterocycles. The number of nitrogens with one attached hydrogen (secondary N) is 1. The van der Waals surface area contributed by atoms with Crippen molar-refractivity contribution >= 4 is 23.4 Å². The highest BCUT2D eigenvalue weighted by atomic mass is 35.5. The fraction of sp³-hybridized carbons (Fsp3) is 0.455. The molecule has 1 rings (SSSR count). The number of rotatable bonds is 5. The first-order chi connectivity index (χ1) is 7.90. The summed E-state index contributed by atoms with van der Waals surface area (Å²) in [6.07, 6.45) is 0. The molecule has 0 unspecified atom stereocenters. The number of benzene rings is 1. The summed E-state index contributed by atoms with van der Waals surface area (Å²) in [7, 11) is 0. The van der Waals surface area contributed by atoms with Crippen molar-refractivity contribution in [3.8, 4) is 0 Å². The van der Waals surface area contributed by atoms with Crippen molar-refractivity contribution in [2.45, 2.75) is 18.5 Å². The summed E-state index contributed by atoms with van der Waals surface area (Å²) in [5.41, 5.74) is -3.26. The molecule has 17 heavy (non-hydrogen) atoms. The number of thioether (sulfide) groups is 1. The van der Waals surface area contributed by atoms with Crippen LogP contribution in [-0.4, -0.2) is 17.8 Å². The first-order valence-electron chi connectivity index (χ1n) is 5.08. The van der Waals surface area contributed by atoms with Crippen LogP contribution in [0.25, 0.3) is 0 Å². The number of halogens is 4. The van der Waals surface area contributed by atoms with Crippen LogP contribution >= 0.6 is 23.4 Å². The van der Waals surface area contributed by atoms with Crippen LogP contribution in [0.5, 0.6) is 0 Å². The van der Waals surface area contributed by atoms with Crippen LogP contribution in [-0.2, 0) is 0 Å². The van der Waals surface area contributed by atoms with E-state index in [1.807, 2.05) is 25.1 Å². The largest absolute Gasteiger partial charge is 0.441 e. The minimum atomic E-state index is -4.16. The van der Waals surface area contributed by atoms with Crippen molar-refractivity contribution in [1.82, 2.24) is 5.32 Å². The van der Waals surface area contributed by atoms with Gasteiger partial charge in [-0.1, -0.05) is 29.8 Å². The van der Waals surface area contributed by atoms with Crippen molar-refractivity contribution in [3.05, 3.63) is 34.9 Å². The molecule has 1 nitrogen and oxygen atoms in total. The molecular formula is C11H13ClF3NS. The highest BCUT2D eigenvalue weighted by Crippen LogP contribution is 2.29. The minimum Gasteiger partial charge on any atom is -0.309 e. The fourth-order valence-electron chi connectivity index (χ4n) is 1.38. The molecule has 0 saturated heterocycles. The van der Waals surface area contributed by atoms with E-state index in [-0.39, 0.29) is 30.1 Å². The van der Waals surface area contributed by atoms with Gasteiger partial charge < -0.3 is 5.32 Å². The lowest BCUT2D eigenvalue weighted by molar-refractivity contribution is -0.0327. The average Bonchev–Trinajstić information content (AvgIpc) is 2.23. The summed E-state index contributed by atoms with van der Waals surface area (Å²) in [5, 5.41) is 3.63. The molecular weight excluding hydrogens is 271 g/mol. The third-order valence-corrected chi connectivity index (χ3v) is 3.27. The average molecular weight is 284 g/mol. The van der Waals surface area contributed by atoms with Gasteiger partial charge in [-0.3, -0.25) is 0 Å². The van der Waals surface area contributed by atoms with E-state index in [4.69, 9.17) is 11.6 Å². The van der Waals surface area contributed by atoms with E-state index in [0.29, 0.717) is 5.02 Å². The molecule has 6 heteroatoms. The minimum absolute atomic E-state index is 0.00169. The van der Waals surface area contributed by atoms with Crippen LogP contribution < -0.4 is 5.32 Å². The number of hydrogen-bond donors (Lipinski definition) is 1. The van der Waals surface area contributed by atoms with E-state index >= 15 is 0 Å². The topological polar surface area (TPSA) is 12.0 Å². The zero-order valence-electron chi connectivity index (χ0n) is 9.22. The Morgan fingerprint density at radius 1 is 1.35 bits per heavy atom. The molecule has 0 amide bonds. The Morgan fingerprint density at radius 2 is 2.00 bits per heavy atom. The molecule has 1 aromatic rings. The van der Waals surface area contributed by atoms with E-state index in [1.165, 1.54) is 0 Å². The van der Waals surface area contributed by atoms with Crippen molar-refractivity contribution in [2.24, 2.45) is 0 Å². The summed E-state index contributed by atoms with van der Waals surface area (Å²) in [6, 6.07) is 7.23. The van der Waals surface area contributed by atoms with Gasteiger partial charge in [0, 0.05) is 23.4 Å². The van der Waals surface area contributed by atoms with Gasteiger partial charge in [-0.05, 0) is 30.3 Å². The zero-order chi connectivity index (χ0) is 12.9. The first kappa shape index (κ1) is 14.7. The van der Waals surface area contributed by atoms with Crippen molar-refractivity contribution in [2.75, 3.05) is 12.3 Å². The summed E-state index contributed by atoms with van der Waals surface area (Å²) in [5.74, 6) is -0.00169. The Bertz CT molecular complexity index is 357. The smallest absolute Gasteiger partial charge is 0.309 e. The molecule has 0 aliphatic rings. The van der Waals surface area contributed by atoms with Crippen LogP contribution in [0.2, 0.25) is 5.02 Å². The molecule has 1 aromatic carbocycles. The zero-order valence-corrected chi connectivity index (χ0v) is 10.8. The Hall–Kier alpha value is -0.390. The van der Waals surface area contributed by atoms with Crippen LogP contribution in [0.15, 0.2) is 24.3 Å². The molecule has 0 saturated carbocycles. The van der Waals surface area contributed by atoms with E-state index in [1.54, 1.807) is 6.07 Å². The summed E-state index contributed by atoms with van der Waals surface area (Å²) < 4.78 is 35.6. The molecule has 0 bridgehead atoms. The molecule has 0 aliphatic carbocycles. The third-order valence-electron chi connectivity index (χ3n) is 2.19. The lowest BCUT2D eigenvalue weighted by atomic mass is 10.1. The van der Waals surface area contributed by atoms with Gasteiger partial charge in [-0.15, -0.1) is 0 Å². The van der Waals surface area contributed by atoms with Gasteiger partial charge in [0.25, 0.3) is 0 Å². The van der Waals surface area contributed by atoms with Crippen LogP contribution in [0.4, 0.5) is 13.2 Å². The van der Waals surface area contributed by atoms with Crippen molar-refractivity contribution in [1.29, 1.82) is 0 Å². The molecule has 96 valence electrons. The summed E-state index contributed by atoms with van der Waals surface area (Å²) in [4.78, 5) is 0. The van der Waals surface area contributed by atoms with E-state index in [9.17, 15) is 13.2 Å². The highest BCUT2D eigenvalue weighted by Gasteiger charge is 2.27. The second-order valence-corrected chi connectivity index (χ2v) is 5.06. The molecule has 0 fully saturated rings. The monoisotopic (exact) mass is 283 g/mol. The van der Waals surface area contributed by atoms with Gasteiger partial charge in [-0.25, -0.2) is 0 Å². The van der Waals surface area contributed by atoms with Crippen LogP contribution in [0, 0.1) is 0 Å².